The molecular formula is C13H20N4O2S. The molecule has 0 saturated heterocycles. The number of anilines is 1. The molecule has 0 saturated carbocycles. The zero-order valence-corrected chi connectivity index (χ0v) is 12.3. The number of benzene rings is 1. The molecule has 1 aliphatic carbocycles. The Morgan fingerprint density at radius 2 is 2.10 bits per heavy atom. The molecule has 1 aromatic rings. The van der Waals surface area contributed by atoms with Crippen molar-refractivity contribution in [2.45, 2.75) is 19.3 Å². The molecule has 0 fully saturated rings. The first kappa shape index (κ1) is 14.8. The van der Waals surface area contributed by atoms with E-state index in [4.69, 9.17) is 5.73 Å². The molecule has 0 aromatic heterocycles. The summed E-state index contributed by atoms with van der Waals surface area (Å²) in [7, 11) is -3.17. The third-order valence-electron chi connectivity index (χ3n) is 3.13. The van der Waals surface area contributed by atoms with Crippen LogP contribution in [0.5, 0.6) is 0 Å². The molecule has 0 bridgehead atoms. The summed E-state index contributed by atoms with van der Waals surface area (Å²) in [6.45, 7) is 0.544. The number of nitrogens with one attached hydrogen (secondary N) is 2. The maximum absolute atomic E-state index is 10.9. The molecule has 4 N–H and O–H groups in total. The summed E-state index contributed by atoms with van der Waals surface area (Å²) in [5.74, 6) is 0.290. The lowest BCUT2D eigenvalue weighted by Crippen LogP contribution is -2.27. The van der Waals surface area contributed by atoms with Crippen molar-refractivity contribution in [2.75, 3.05) is 24.7 Å². The fraction of sp³-hybridized carbons (Fsp3) is 0.462. The number of guanidine groups is 1. The van der Waals surface area contributed by atoms with Gasteiger partial charge in [0, 0.05) is 12.2 Å². The number of hydrogen-bond acceptors (Lipinski definition) is 3. The second-order valence-corrected chi connectivity index (χ2v) is 6.73. The van der Waals surface area contributed by atoms with Crippen LogP contribution >= 0.6 is 0 Å². The van der Waals surface area contributed by atoms with E-state index >= 15 is 0 Å². The van der Waals surface area contributed by atoms with Crippen molar-refractivity contribution in [3.05, 3.63) is 29.3 Å². The summed E-state index contributed by atoms with van der Waals surface area (Å²) in [6, 6.07) is 6.20. The molecule has 1 aromatic carbocycles. The number of aliphatic imine (C=N–C) groups is 1. The molecular weight excluding hydrogens is 276 g/mol. The van der Waals surface area contributed by atoms with E-state index in [1.807, 2.05) is 6.07 Å². The molecule has 6 nitrogen and oxygen atoms in total. The third kappa shape index (κ3) is 4.50. The Morgan fingerprint density at radius 1 is 1.35 bits per heavy atom. The SMILES string of the molecule is CS(=O)(=O)NCCN=C(N)Nc1ccc2c(c1)CCC2. The second kappa shape index (κ2) is 6.23. The lowest BCUT2D eigenvalue weighted by Gasteiger charge is -2.08. The number of hydrogen-bond donors (Lipinski definition) is 3. The fourth-order valence-electron chi connectivity index (χ4n) is 2.24. The van der Waals surface area contributed by atoms with Crippen molar-refractivity contribution in [1.29, 1.82) is 0 Å². The first-order valence-corrected chi connectivity index (χ1v) is 8.46. The Labute approximate surface area is 119 Å². The zero-order chi connectivity index (χ0) is 14.6. The van der Waals surface area contributed by atoms with Crippen molar-refractivity contribution in [1.82, 2.24) is 4.72 Å². The Morgan fingerprint density at radius 3 is 2.85 bits per heavy atom. The van der Waals surface area contributed by atoms with Gasteiger partial charge in [0.25, 0.3) is 0 Å². The van der Waals surface area contributed by atoms with Gasteiger partial charge in [-0.2, -0.15) is 0 Å². The minimum absolute atomic E-state index is 0.241. The van der Waals surface area contributed by atoms with E-state index in [1.54, 1.807) is 0 Å². The van der Waals surface area contributed by atoms with Crippen LogP contribution < -0.4 is 15.8 Å². The zero-order valence-electron chi connectivity index (χ0n) is 11.5. The first-order chi connectivity index (χ1) is 9.44. The Balaban J connectivity index is 1.86. The average molecular weight is 296 g/mol. The van der Waals surface area contributed by atoms with E-state index in [9.17, 15) is 8.42 Å². The molecule has 110 valence electrons. The van der Waals surface area contributed by atoms with Crippen LogP contribution in [0.25, 0.3) is 0 Å². The second-order valence-electron chi connectivity index (χ2n) is 4.90. The molecule has 20 heavy (non-hydrogen) atoms. The topological polar surface area (TPSA) is 96.6 Å². The van der Waals surface area contributed by atoms with Gasteiger partial charge >= 0.3 is 0 Å². The molecule has 7 heteroatoms. The monoisotopic (exact) mass is 296 g/mol. The minimum Gasteiger partial charge on any atom is -0.370 e. The van der Waals surface area contributed by atoms with Crippen LogP contribution in [0.4, 0.5) is 5.69 Å². The minimum atomic E-state index is -3.17. The predicted octanol–water partition coefficient (Wildman–Crippen LogP) is 0.451. The van der Waals surface area contributed by atoms with Gasteiger partial charge in [0.2, 0.25) is 10.0 Å². The van der Waals surface area contributed by atoms with E-state index in [1.165, 1.54) is 17.5 Å². The van der Waals surface area contributed by atoms with Crippen LogP contribution in [-0.2, 0) is 22.9 Å². The van der Waals surface area contributed by atoms with Gasteiger partial charge in [-0.05, 0) is 42.5 Å². The van der Waals surface area contributed by atoms with Gasteiger partial charge in [-0.15, -0.1) is 0 Å². The van der Waals surface area contributed by atoms with Crippen LogP contribution in [-0.4, -0.2) is 33.7 Å². The molecule has 0 atom stereocenters. The van der Waals surface area contributed by atoms with Gasteiger partial charge < -0.3 is 11.1 Å². The van der Waals surface area contributed by atoms with Crippen molar-refractivity contribution in [3.63, 3.8) is 0 Å². The Hall–Kier alpha value is -1.60. The van der Waals surface area contributed by atoms with Crippen molar-refractivity contribution >= 4 is 21.7 Å². The van der Waals surface area contributed by atoms with Gasteiger partial charge in [0.05, 0.1) is 12.8 Å². The van der Waals surface area contributed by atoms with Crippen LogP contribution in [0, 0.1) is 0 Å². The fourth-order valence-corrected chi connectivity index (χ4v) is 2.71. The predicted molar refractivity (Wildman–Crippen MR) is 81.4 cm³/mol. The molecule has 0 heterocycles. The summed E-state index contributed by atoms with van der Waals surface area (Å²) in [5, 5.41) is 3.02. The average Bonchev–Trinajstić information content (AvgIpc) is 2.81. The first-order valence-electron chi connectivity index (χ1n) is 6.57. The highest BCUT2D eigenvalue weighted by Gasteiger charge is 2.10. The third-order valence-corrected chi connectivity index (χ3v) is 3.86. The van der Waals surface area contributed by atoms with Crippen LogP contribution in [0.1, 0.15) is 17.5 Å². The highest BCUT2D eigenvalue weighted by molar-refractivity contribution is 7.88. The van der Waals surface area contributed by atoms with E-state index in [-0.39, 0.29) is 6.54 Å². The number of aryl methyl sites for hydroxylation is 2. The number of sulfonamides is 1. The van der Waals surface area contributed by atoms with E-state index < -0.39 is 10.0 Å². The standard InChI is InChI=1S/C13H20N4O2S/c1-20(18,19)16-8-7-15-13(14)17-12-6-5-10-3-2-4-11(10)9-12/h5-6,9,16H,2-4,7-8H2,1H3,(H3,14,15,17). The maximum Gasteiger partial charge on any atom is 0.208 e. The largest absolute Gasteiger partial charge is 0.370 e. The van der Waals surface area contributed by atoms with Gasteiger partial charge in [-0.1, -0.05) is 6.07 Å². The molecule has 0 radical (unpaired) electrons. The van der Waals surface area contributed by atoms with Crippen LogP contribution in [0.15, 0.2) is 23.2 Å². The quantitative estimate of drug-likeness (QED) is 0.417. The summed E-state index contributed by atoms with van der Waals surface area (Å²) in [4.78, 5) is 4.07. The number of nitrogens with zero attached hydrogens (tertiary/aromatic N) is 1. The summed E-state index contributed by atoms with van der Waals surface area (Å²) in [6.07, 6.45) is 4.58. The Kier molecular flexibility index (Phi) is 4.61. The summed E-state index contributed by atoms with van der Waals surface area (Å²) < 4.78 is 24.1. The van der Waals surface area contributed by atoms with Gasteiger partial charge in [-0.3, -0.25) is 4.99 Å². The molecule has 0 aliphatic heterocycles. The van der Waals surface area contributed by atoms with Crippen LogP contribution in [0.3, 0.4) is 0 Å². The maximum atomic E-state index is 10.9. The number of nitrogens with two attached hydrogens (primary N) is 1. The normalized spacial score (nSPS) is 15.2. The van der Waals surface area contributed by atoms with E-state index in [2.05, 4.69) is 27.2 Å². The van der Waals surface area contributed by atoms with Crippen molar-refractivity contribution < 1.29 is 8.42 Å². The van der Waals surface area contributed by atoms with Crippen molar-refractivity contribution in [3.8, 4) is 0 Å². The molecule has 0 amide bonds. The Bertz CT molecular complexity index is 611. The summed E-state index contributed by atoms with van der Waals surface area (Å²) >= 11 is 0. The molecule has 0 unspecified atom stereocenters. The smallest absolute Gasteiger partial charge is 0.208 e. The van der Waals surface area contributed by atoms with Gasteiger partial charge in [0.15, 0.2) is 5.96 Å². The lowest BCUT2D eigenvalue weighted by atomic mass is 10.1. The molecule has 0 spiro atoms. The molecule has 1 aliphatic rings. The summed E-state index contributed by atoms with van der Waals surface area (Å²) in [5.41, 5.74) is 9.45. The molecule has 2 rings (SSSR count). The van der Waals surface area contributed by atoms with E-state index in [0.717, 1.165) is 24.8 Å². The van der Waals surface area contributed by atoms with Gasteiger partial charge in [-0.25, -0.2) is 13.1 Å². The lowest BCUT2D eigenvalue weighted by molar-refractivity contribution is 0.588. The number of rotatable bonds is 5. The van der Waals surface area contributed by atoms with Crippen LogP contribution in [0.2, 0.25) is 0 Å². The highest BCUT2D eigenvalue weighted by Crippen LogP contribution is 2.24. The van der Waals surface area contributed by atoms with Crippen molar-refractivity contribution in [2.24, 2.45) is 10.7 Å². The highest BCUT2D eigenvalue weighted by atomic mass is 32.2. The number of fused-ring (bicyclic) bond motifs is 1. The van der Waals surface area contributed by atoms with E-state index in [0.29, 0.717) is 12.5 Å². The van der Waals surface area contributed by atoms with Gasteiger partial charge in [0.1, 0.15) is 0 Å².